The van der Waals surface area contributed by atoms with Crippen molar-refractivity contribution in [2.75, 3.05) is 6.61 Å². The smallest absolute Gasteiger partial charge is 0.422 e. The van der Waals surface area contributed by atoms with Crippen LogP contribution < -0.4 is 9.46 Å². The minimum Gasteiger partial charge on any atom is -0.467 e. The maximum atomic E-state index is 12.1. The van der Waals surface area contributed by atoms with Crippen LogP contribution in [-0.2, 0) is 11.0 Å². The molecule has 0 saturated heterocycles. The number of alkyl halides is 3. The molecule has 0 aliphatic heterocycles. The maximum absolute atomic E-state index is 12.1. The van der Waals surface area contributed by atoms with E-state index in [0.29, 0.717) is 5.56 Å². The van der Waals surface area contributed by atoms with Crippen molar-refractivity contribution in [1.82, 2.24) is 9.71 Å². The van der Waals surface area contributed by atoms with E-state index in [1.807, 2.05) is 20.8 Å². The molecule has 0 aromatic carbocycles. The Morgan fingerprint density at radius 2 is 2.00 bits per heavy atom. The van der Waals surface area contributed by atoms with E-state index in [2.05, 4.69) is 14.4 Å². The van der Waals surface area contributed by atoms with Crippen LogP contribution in [-0.4, -0.2) is 26.7 Å². The average molecular weight is 359 g/mol. The van der Waals surface area contributed by atoms with Crippen LogP contribution in [0.2, 0.25) is 5.02 Å². The highest BCUT2D eigenvalue weighted by Gasteiger charge is 2.29. The van der Waals surface area contributed by atoms with Crippen LogP contribution in [0.3, 0.4) is 0 Å². The Labute approximate surface area is 135 Å². The Hall–Kier alpha value is -0.860. The van der Waals surface area contributed by atoms with E-state index in [-0.39, 0.29) is 16.9 Å². The molecule has 22 heavy (non-hydrogen) atoms. The fourth-order valence-electron chi connectivity index (χ4n) is 1.34. The van der Waals surface area contributed by atoms with Gasteiger partial charge in [0.05, 0.1) is 15.7 Å². The third-order valence-corrected chi connectivity index (χ3v) is 4.49. The van der Waals surface area contributed by atoms with E-state index in [0.717, 1.165) is 0 Å². The zero-order valence-electron chi connectivity index (χ0n) is 12.6. The van der Waals surface area contributed by atoms with Gasteiger partial charge in [0.15, 0.2) is 6.61 Å². The fourth-order valence-corrected chi connectivity index (χ4v) is 2.38. The normalized spacial score (nSPS) is 15.5. The van der Waals surface area contributed by atoms with Crippen molar-refractivity contribution in [3.05, 3.63) is 22.8 Å². The number of nitrogens with one attached hydrogen (secondary N) is 1. The topological polar surface area (TPSA) is 51.2 Å². The number of halogens is 4. The zero-order valence-corrected chi connectivity index (χ0v) is 14.2. The molecule has 0 unspecified atom stereocenters. The van der Waals surface area contributed by atoms with Crippen molar-refractivity contribution in [2.24, 2.45) is 0 Å². The number of pyridine rings is 1. The summed E-state index contributed by atoms with van der Waals surface area (Å²) >= 11 is 5.87. The Kier molecular flexibility index (Phi) is 6.23. The van der Waals surface area contributed by atoms with Crippen molar-refractivity contribution in [2.45, 2.75) is 44.7 Å². The summed E-state index contributed by atoms with van der Waals surface area (Å²) in [4.78, 5) is 3.78. The van der Waals surface area contributed by atoms with Gasteiger partial charge >= 0.3 is 6.18 Å². The molecule has 0 aliphatic carbocycles. The first-order chi connectivity index (χ1) is 9.90. The summed E-state index contributed by atoms with van der Waals surface area (Å²) in [5, 5.41) is -0.0306. The van der Waals surface area contributed by atoms with Crippen LogP contribution in [0.5, 0.6) is 5.88 Å². The Balaban J connectivity index is 2.78. The predicted octanol–water partition coefficient (Wildman–Crippen LogP) is 3.79. The first kappa shape index (κ1) is 19.2. The van der Waals surface area contributed by atoms with Gasteiger partial charge in [-0.25, -0.2) is 13.9 Å². The molecule has 1 rings (SSSR count). The van der Waals surface area contributed by atoms with Gasteiger partial charge in [0, 0.05) is 12.2 Å². The summed E-state index contributed by atoms with van der Waals surface area (Å²) < 4.78 is 55.3. The highest BCUT2D eigenvalue weighted by Crippen LogP contribution is 2.27. The molecular formula is C13H18ClF3N2O2S. The number of ether oxygens (including phenoxy) is 1. The number of hydrogen-bond donors (Lipinski definition) is 1. The maximum Gasteiger partial charge on any atom is 0.422 e. The summed E-state index contributed by atoms with van der Waals surface area (Å²) in [6.07, 6.45) is -3.11. The van der Waals surface area contributed by atoms with Gasteiger partial charge in [0.25, 0.3) is 0 Å². The van der Waals surface area contributed by atoms with E-state index < -0.39 is 28.5 Å². The van der Waals surface area contributed by atoms with Gasteiger partial charge in [-0.15, -0.1) is 0 Å². The summed E-state index contributed by atoms with van der Waals surface area (Å²) in [6.45, 7) is 5.76. The third-order valence-electron chi connectivity index (χ3n) is 2.54. The molecule has 1 heterocycles. The second kappa shape index (κ2) is 7.14. The molecule has 2 atom stereocenters. The lowest BCUT2D eigenvalue weighted by Crippen LogP contribution is -2.34. The van der Waals surface area contributed by atoms with Crippen LogP contribution in [0, 0.1) is 0 Å². The molecule has 9 heteroatoms. The standard InChI is InChI=1S/C13H18ClF3N2O2S/c1-8(19-22(20)12(2,3)4)9-5-10(14)11(18-6-9)21-7-13(15,16)17/h5-6,8,19H,7H2,1-4H3/t8-,22-/m0/s1. The molecular weight excluding hydrogens is 341 g/mol. The minimum absolute atomic E-state index is 0.0306. The van der Waals surface area contributed by atoms with Gasteiger partial charge in [-0.2, -0.15) is 13.2 Å². The lowest BCUT2D eigenvalue weighted by atomic mass is 10.2. The van der Waals surface area contributed by atoms with Gasteiger partial charge in [-0.1, -0.05) is 11.6 Å². The van der Waals surface area contributed by atoms with Crippen molar-refractivity contribution < 1.29 is 22.1 Å². The average Bonchev–Trinajstić information content (AvgIpc) is 2.34. The van der Waals surface area contributed by atoms with E-state index in [1.165, 1.54) is 12.3 Å². The Bertz CT molecular complexity index is 547. The van der Waals surface area contributed by atoms with E-state index >= 15 is 0 Å². The second-order valence-electron chi connectivity index (χ2n) is 5.68. The van der Waals surface area contributed by atoms with Crippen molar-refractivity contribution in [3.8, 4) is 5.88 Å². The van der Waals surface area contributed by atoms with Gasteiger partial charge < -0.3 is 4.74 Å². The number of aromatic nitrogens is 1. The fraction of sp³-hybridized carbons (Fsp3) is 0.615. The predicted molar refractivity (Wildman–Crippen MR) is 80.2 cm³/mol. The largest absolute Gasteiger partial charge is 0.467 e. The van der Waals surface area contributed by atoms with Crippen LogP contribution >= 0.6 is 11.6 Å². The van der Waals surface area contributed by atoms with Crippen LogP contribution in [0.25, 0.3) is 0 Å². The second-order valence-corrected chi connectivity index (χ2v) is 8.09. The summed E-state index contributed by atoms with van der Waals surface area (Å²) in [6, 6.07) is 1.11. The van der Waals surface area contributed by atoms with Gasteiger partial charge in [0.2, 0.25) is 5.88 Å². The van der Waals surface area contributed by atoms with Gasteiger partial charge in [-0.3, -0.25) is 0 Å². The van der Waals surface area contributed by atoms with Crippen LogP contribution in [0.1, 0.15) is 39.3 Å². The van der Waals surface area contributed by atoms with E-state index in [4.69, 9.17) is 11.6 Å². The highest BCUT2D eigenvalue weighted by molar-refractivity contribution is 7.84. The lowest BCUT2D eigenvalue weighted by molar-refractivity contribution is -0.154. The molecule has 0 bridgehead atoms. The van der Waals surface area contributed by atoms with Crippen LogP contribution in [0.15, 0.2) is 12.3 Å². The lowest BCUT2D eigenvalue weighted by Gasteiger charge is -2.22. The van der Waals surface area contributed by atoms with Crippen molar-refractivity contribution >= 4 is 22.6 Å². The van der Waals surface area contributed by atoms with Crippen molar-refractivity contribution in [1.29, 1.82) is 0 Å². The Morgan fingerprint density at radius 3 is 2.45 bits per heavy atom. The molecule has 0 amide bonds. The molecule has 0 aliphatic rings. The first-order valence-corrected chi connectivity index (χ1v) is 7.96. The number of hydrogen-bond acceptors (Lipinski definition) is 3. The van der Waals surface area contributed by atoms with Gasteiger partial charge in [-0.05, 0) is 39.3 Å². The SMILES string of the molecule is C[C@H](N[S@@](=O)C(C)(C)C)c1cnc(OCC(F)(F)F)c(Cl)c1. The minimum atomic E-state index is -4.46. The quantitative estimate of drug-likeness (QED) is 0.871. The highest BCUT2D eigenvalue weighted by atomic mass is 35.5. The van der Waals surface area contributed by atoms with Gasteiger partial charge in [0.1, 0.15) is 5.02 Å². The molecule has 0 radical (unpaired) electrons. The molecule has 0 spiro atoms. The molecule has 0 fully saturated rings. The van der Waals surface area contributed by atoms with E-state index in [9.17, 15) is 17.4 Å². The molecule has 4 nitrogen and oxygen atoms in total. The van der Waals surface area contributed by atoms with E-state index in [1.54, 1.807) is 6.92 Å². The summed E-state index contributed by atoms with van der Waals surface area (Å²) in [5.41, 5.74) is 0.599. The van der Waals surface area contributed by atoms with Crippen molar-refractivity contribution in [3.63, 3.8) is 0 Å². The number of rotatable bonds is 5. The molecule has 1 aromatic heterocycles. The molecule has 1 aromatic rings. The number of nitrogens with zero attached hydrogens (tertiary/aromatic N) is 1. The molecule has 126 valence electrons. The first-order valence-electron chi connectivity index (χ1n) is 6.43. The summed E-state index contributed by atoms with van der Waals surface area (Å²) in [5.74, 6) is -0.285. The molecule has 1 N–H and O–H groups in total. The zero-order chi connectivity index (χ0) is 17.1. The Morgan fingerprint density at radius 1 is 1.41 bits per heavy atom. The third kappa shape index (κ3) is 6.10. The molecule has 0 saturated carbocycles. The van der Waals surface area contributed by atoms with Crippen LogP contribution in [0.4, 0.5) is 13.2 Å². The summed E-state index contributed by atoms with van der Waals surface area (Å²) in [7, 11) is -1.30. The monoisotopic (exact) mass is 358 g/mol.